The van der Waals surface area contributed by atoms with Crippen molar-refractivity contribution in [3.8, 4) is 0 Å². The zero-order valence-electron chi connectivity index (χ0n) is 21.4. The normalized spacial score (nSPS) is 19.6. The number of fused-ring (bicyclic) bond motifs is 1. The maximum atomic E-state index is 13.2. The van der Waals surface area contributed by atoms with Gasteiger partial charge in [0.25, 0.3) is 5.91 Å². The lowest BCUT2D eigenvalue weighted by atomic mass is 10.0. The summed E-state index contributed by atoms with van der Waals surface area (Å²) >= 11 is 2.16. The zero-order valence-corrected chi connectivity index (χ0v) is 23.0. The number of carboxylic acid groups (broad SMARTS) is 2. The number of β-lactam (4-membered cyclic amide) rings is 1. The molecule has 218 valence electrons. The molecule has 0 saturated carbocycles. The maximum absolute atomic E-state index is 13.2. The van der Waals surface area contributed by atoms with Crippen molar-refractivity contribution in [1.82, 2.24) is 24.9 Å². The van der Waals surface area contributed by atoms with Crippen LogP contribution >= 0.6 is 23.3 Å². The Morgan fingerprint density at radius 3 is 2.56 bits per heavy atom. The molecule has 0 aromatic carbocycles. The van der Waals surface area contributed by atoms with Crippen LogP contribution in [0.3, 0.4) is 0 Å². The summed E-state index contributed by atoms with van der Waals surface area (Å²) < 4.78 is 5.71. The molecule has 2 aromatic rings. The fraction of sp³-hybridized carbons (Fsp3) is 0.391. The summed E-state index contributed by atoms with van der Waals surface area (Å²) in [6.45, 7) is 0.317. The topological polar surface area (TPSA) is 264 Å². The van der Waals surface area contributed by atoms with E-state index in [-0.39, 0.29) is 47.5 Å². The predicted molar refractivity (Wildman–Crippen MR) is 142 cm³/mol. The lowest BCUT2D eigenvalue weighted by molar-refractivity contribution is -0.689. The van der Waals surface area contributed by atoms with E-state index in [1.54, 1.807) is 17.0 Å². The Bertz CT molecular complexity index is 1400. The standard InChI is InChI=1S/C23H27N9O7S2/c24-12(21(36)37)2-1-5-27-13(17-29-23(26)41-30-17)18(34)28-14-19(35)32-15(22(38)39)11(9-40-20(14)32)8-31-6-3-10(4-7-31)16(25)33/h3-4,6-7,12-14,20,27H,1-2,5,8-9,24H2,(H6-,25,26,28,29,30,33,34,36,37,38,39)/t12-,13+,14-,20-/m1/s1. The number of carbonyl (C=O) groups excluding carboxylic acids is 4. The number of rotatable bonds is 13. The van der Waals surface area contributed by atoms with Crippen LogP contribution in [0.5, 0.6) is 0 Å². The van der Waals surface area contributed by atoms with Crippen LogP contribution in [-0.2, 0) is 25.7 Å². The van der Waals surface area contributed by atoms with Crippen LogP contribution < -0.4 is 37.5 Å². The first-order valence-corrected chi connectivity index (χ1v) is 14.1. The fourth-order valence-corrected chi connectivity index (χ4v) is 6.14. The van der Waals surface area contributed by atoms with Crippen molar-refractivity contribution in [2.24, 2.45) is 11.5 Å². The minimum Gasteiger partial charge on any atom is -0.543 e. The average molecular weight is 606 g/mol. The third-order valence-corrected chi connectivity index (χ3v) is 8.32. The zero-order chi connectivity index (χ0) is 29.8. The van der Waals surface area contributed by atoms with Gasteiger partial charge in [0.15, 0.2) is 29.9 Å². The molecular weight excluding hydrogens is 578 g/mol. The molecule has 41 heavy (non-hydrogen) atoms. The molecule has 4 heterocycles. The monoisotopic (exact) mass is 605 g/mol. The smallest absolute Gasteiger partial charge is 0.320 e. The van der Waals surface area contributed by atoms with Crippen LogP contribution in [0, 0.1) is 0 Å². The number of thioether (sulfide) groups is 1. The number of nitrogen functional groups attached to an aromatic ring is 1. The molecule has 0 spiro atoms. The summed E-state index contributed by atoms with van der Waals surface area (Å²) in [6, 6.07) is -0.187. The van der Waals surface area contributed by atoms with Crippen LogP contribution in [-0.4, -0.2) is 78.8 Å². The molecule has 2 aliphatic heterocycles. The Balaban J connectivity index is 1.45. The van der Waals surface area contributed by atoms with E-state index >= 15 is 0 Å². The molecule has 9 N–H and O–H groups in total. The number of anilines is 1. The maximum Gasteiger partial charge on any atom is 0.320 e. The number of amides is 3. The second kappa shape index (κ2) is 12.6. The number of aliphatic carboxylic acids is 2. The van der Waals surface area contributed by atoms with Crippen molar-refractivity contribution < 1.29 is 38.8 Å². The summed E-state index contributed by atoms with van der Waals surface area (Å²) in [4.78, 5) is 65.8. The van der Waals surface area contributed by atoms with Crippen molar-refractivity contribution in [3.63, 3.8) is 0 Å². The van der Waals surface area contributed by atoms with Gasteiger partial charge in [-0.25, -0.2) is 9.55 Å². The highest BCUT2D eigenvalue weighted by molar-refractivity contribution is 8.00. The second-order valence-corrected chi connectivity index (χ2v) is 11.1. The lowest BCUT2D eigenvalue weighted by Gasteiger charge is -2.50. The van der Waals surface area contributed by atoms with Gasteiger partial charge in [-0.1, -0.05) is 0 Å². The first kappa shape index (κ1) is 29.8. The van der Waals surface area contributed by atoms with E-state index in [9.17, 15) is 29.1 Å². The van der Waals surface area contributed by atoms with E-state index in [1.165, 1.54) is 23.9 Å². The Morgan fingerprint density at radius 2 is 1.98 bits per heavy atom. The molecule has 1 saturated heterocycles. The van der Waals surface area contributed by atoms with Gasteiger partial charge < -0.3 is 37.5 Å². The van der Waals surface area contributed by atoms with Crippen molar-refractivity contribution in [2.45, 2.75) is 42.9 Å². The number of hydrogen-bond acceptors (Lipinski definition) is 13. The Kier molecular flexibility index (Phi) is 9.16. The van der Waals surface area contributed by atoms with Gasteiger partial charge in [-0.15, -0.1) is 11.8 Å². The summed E-state index contributed by atoms with van der Waals surface area (Å²) in [5, 5.41) is 26.1. The Morgan fingerprint density at radius 1 is 1.27 bits per heavy atom. The largest absolute Gasteiger partial charge is 0.543 e. The first-order valence-electron chi connectivity index (χ1n) is 12.3. The van der Waals surface area contributed by atoms with Gasteiger partial charge in [-0.2, -0.15) is 4.37 Å². The highest BCUT2D eigenvalue weighted by Crippen LogP contribution is 2.40. The van der Waals surface area contributed by atoms with Crippen LogP contribution in [0.15, 0.2) is 35.8 Å². The average Bonchev–Trinajstić information content (AvgIpc) is 3.36. The number of carboxylic acids is 2. The summed E-state index contributed by atoms with van der Waals surface area (Å²) in [7, 11) is 0. The minimum atomic E-state index is -1.53. The summed E-state index contributed by atoms with van der Waals surface area (Å²) in [5.41, 5.74) is 16.9. The fourth-order valence-electron chi connectivity index (χ4n) is 4.33. The van der Waals surface area contributed by atoms with Gasteiger partial charge in [0.1, 0.15) is 23.5 Å². The van der Waals surface area contributed by atoms with Crippen molar-refractivity contribution in [2.75, 3.05) is 18.0 Å². The number of carbonyl (C=O) groups is 5. The number of nitrogens with one attached hydrogen (secondary N) is 2. The van der Waals surface area contributed by atoms with Crippen molar-refractivity contribution in [3.05, 3.63) is 47.2 Å². The summed E-state index contributed by atoms with van der Waals surface area (Å²) in [5.74, 6) is -4.22. The van der Waals surface area contributed by atoms with Crippen LogP contribution in [0.2, 0.25) is 0 Å². The van der Waals surface area contributed by atoms with Gasteiger partial charge >= 0.3 is 5.97 Å². The molecule has 3 amide bonds. The van der Waals surface area contributed by atoms with E-state index in [1.807, 2.05) is 0 Å². The Labute approximate surface area is 241 Å². The SMILES string of the molecule is NC(=O)c1cc[n+](CC2=C(C(=O)[O-])N3C(=O)[C@@H](NC(=O)[C@@H](NCCC[C@@H](N)C(=O)O)c4nsc(N)n4)[C@H]3SC2)cc1. The molecule has 4 rings (SSSR count). The minimum absolute atomic E-state index is 0.0736. The molecule has 0 bridgehead atoms. The number of nitrogens with two attached hydrogens (primary N) is 3. The van der Waals surface area contributed by atoms with Gasteiger partial charge in [0.05, 0.1) is 17.2 Å². The van der Waals surface area contributed by atoms with E-state index < -0.39 is 53.2 Å². The molecule has 18 heteroatoms. The molecule has 2 aromatic heterocycles. The van der Waals surface area contributed by atoms with Crippen LogP contribution in [0.4, 0.5) is 5.13 Å². The van der Waals surface area contributed by atoms with Gasteiger partial charge in [-0.3, -0.25) is 29.4 Å². The second-order valence-electron chi connectivity index (χ2n) is 9.22. The van der Waals surface area contributed by atoms with E-state index in [2.05, 4.69) is 20.0 Å². The number of hydrogen-bond donors (Lipinski definition) is 6. The van der Waals surface area contributed by atoms with E-state index in [0.717, 1.165) is 16.4 Å². The van der Waals surface area contributed by atoms with E-state index in [0.29, 0.717) is 12.0 Å². The highest BCUT2D eigenvalue weighted by Gasteiger charge is 2.53. The summed E-state index contributed by atoms with van der Waals surface area (Å²) in [6.07, 6.45) is 3.63. The third-order valence-electron chi connectivity index (χ3n) is 6.42. The quantitative estimate of drug-likeness (QED) is 0.0734. The van der Waals surface area contributed by atoms with Crippen molar-refractivity contribution in [1.29, 1.82) is 0 Å². The number of aromatic nitrogens is 3. The molecular formula is C23H27N9O7S2. The highest BCUT2D eigenvalue weighted by atomic mass is 32.2. The van der Waals surface area contributed by atoms with Crippen LogP contribution in [0.1, 0.15) is 35.1 Å². The first-order chi connectivity index (χ1) is 19.5. The molecule has 2 aliphatic rings. The lowest BCUT2D eigenvalue weighted by Crippen LogP contribution is -2.71. The van der Waals surface area contributed by atoms with Crippen LogP contribution in [0.25, 0.3) is 0 Å². The number of nitrogens with zero attached hydrogens (tertiary/aromatic N) is 4. The number of pyridine rings is 1. The molecule has 0 aliphatic carbocycles. The van der Waals surface area contributed by atoms with Gasteiger partial charge in [0.2, 0.25) is 11.8 Å². The molecule has 0 radical (unpaired) electrons. The third kappa shape index (κ3) is 6.62. The predicted octanol–water partition coefficient (Wildman–Crippen LogP) is -3.57. The Hall–Kier alpha value is -4.13. The van der Waals surface area contributed by atoms with Crippen molar-refractivity contribution >= 4 is 58.1 Å². The number of primary amides is 1. The molecule has 16 nitrogen and oxygen atoms in total. The van der Waals surface area contributed by atoms with E-state index in [4.69, 9.17) is 22.3 Å². The molecule has 4 atom stereocenters. The van der Waals surface area contributed by atoms with Gasteiger partial charge in [-0.05, 0) is 19.4 Å². The molecule has 1 fully saturated rings. The molecule has 0 unspecified atom stereocenters. The van der Waals surface area contributed by atoms with Gasteiger partial charge in [0, 0.05) is 35.0 Å².